The maximum Gasteiger partial charge on any atom is 0.252 e. The van der Waals surface area contributed by atoms with Gasteiger partial charge < -0.3 is 0 Å². The molecule has 0 aromatic carbocycles. The molecule has 84 valence electrons. The monoisotopic (exact) mass is 250 g/mol. The highest BCUT2D eigenvalue weighted by atomic mass is 35.5. The minimum absolute atomic E-state index is 0.219. The normalized spacial score (nSPS) is 10.9. The van der Waals surface area contributed by atoms with E-state index in [1.807, 2.05) is 0 Å². The maximum atomic E-state index is 12.7. The minimum Gasteiger partial charge on any atom is -0.224 e. The molecule has 8 heteroatoms. The van der Waals surface area contributed by atoms with Gasteiger partial charge in [-0.25, -0.2) is 24.3 Å². The van der Waals surface area contributed by atoms with Crippen LogP contribution in [0.5, 0.6) is 0 Å². The molecule has 0 saturated carbocycles. The molecule has 0 aliphatic rings. The first-order valence-electron chi connectivity index (χ1n) is 4.58. The lowest BCUT2D eigenvalue weighted by atomic mass is 10.4. The van der Waals surface area contributed by atoms with Crippen molar-refractivity contribution >= 4 is 22.6 Å². The molecule has 0 spiro atoms. The SMILES string of the molecule is Fc1cnc(-n2ncc3c(Cl)ncnc32)nc1. The predicted octanol–water partition coefficient (Wildman–Crippen LogP) is 1.40. The van der Waals surface area contributed by atoms with Gasteiger partial charge in [0.1, 0.15) is 11.5 Å². The Hall–Kier alpha value is -2.15. The quantitative estimate of drug-likeness (QED) is 0.611. The number of halogens is 2. The molecular formula is C9H4ClFN6. The highest BCUT2D eigenvalue weighted by molar-refractivity contribution is 6.33. The zero-order valence-corrected chi connectivity index (χ0v) is 9.00. The summed E-state index contributed by atoms with van der Waals surface area (Å²) in [6.07, 6.45) is 4.92. The van der Waals surface area contributed by atoms with Crippen LogP contribution in [0.15, 0.2) is 24.9 Å². The van der Waals surface area contributed by atoms with E-state index in [9.17, 15) is 4.39 Å². The van der Waals surface area contributed by atoms with E-state index in [1.54, 1.807) is 0 Å². The predicted molar refractivity (Wildman–Crippen MR) is 57.2 cm³/mol. The van der Waals surface area contributed by atoms with E-state index in [0.717, 1.165) is 12.4 Å². The smallest absolute Gasteiger partial charge is 0.224 e. The Balaban J connectivity index is 2.24. The molecule has 0 unspecified atom stereocenters. The molecule has 3 rings (SSSR count). The molecule has 0 aliphatic carbocycles. The van der Waals surface area contributed by atoms with E-state index < -0.39 is 5.82 Å². The van der Waals surface area contributed by atoms with Gasteiger partial charge in [-0.3, -0.25) is 0 Å². The molecule has 0 N–H and O–H groups in total. The molecule has 3 aromatic rings. The van der Waals surface area contributed by atoms with E-state index in [2.05, 4.69) is 25.0 Å². The lowest BCUT2D eigenvalue weighted by Gasteiger charge is -1.99. The Labute approximate surface area is 99.1 Å². The van der Waals surface area contributed by atoms with E-state index in [0.29, 0.717) is 16.2 Å². The van der Waals surface area contributed by atoms with Crippen LogP contribution in [-0.4, -0.2) is 29.7 Å². The van der Waals surface area contributed by atoms with Crippen LogP contribution in [0.2, 0.25) is 5.15 Å². The molecule has 3 heterocycles. The van der Waals surface area contributed by atoms with Gasteiger partial charge in [0, 0.05) is 0 Å². The van der Waals surface area contributed by atoms with Crippen LogP contribution in [0, 0.1) is 5.82 Å². The highest BCUT2D eigenvalue weighted by Crippen LogP contribution is 2.19. The Morgan fingerprint density at radius 1 is 1.06 bits per heavy atom. The second-order valence-electron chi connectivity index (χ2n) is 3.16. The van der Waals surface area contributed by atoms with Crippen molar-refractivity contribution in [3.05, 3.63) is 35.9 Å². The van der Waals surface area contributed by atoms with Gasteiger partial charge in [0.2, 0.25) is 0 Å². The van der Waals surface area contributed by atoms with E-state index >= 15 is 0 Å². The van der Waals surface area contributed by atoms with Crippen LogP contribution in [-0.2, 0) is 0 Å². The maximum absolute atomic E-state index is 12.7. The average Bonchev–Trinajstić information content (AvgIpc) is 2.75. The Morgan fingerprint density at radius 2 is 1.82 bits per heavy atom. The minimum atomic E-state index is -0.516. The lowest BCUT2D eigenvalue weighted by Crippen LogP contribution is -2.03. The van der Waals surface area contributed by atoms with Crippen molar-refractivity contribution in [2.24, 2.45) is 0 Å². The number of hydrogen-bond donors (Lipinski definition) is 0. The molecule has 17 heavy (non-hydrogen) atoms. The van der Waals surface area contributed by atoms with Crippen molar-refractivity contribution < 1.29 is 4.39 Å². The van der Waals surface area contributed by atoms with Crippen molar-refractivity contribution in [2.45, 2.75) is 0 Å². The summed E-state index contributed by atoms with van der Waals surface area (Å²) in [4.78, 5) is 15.5. The zero-order chi connectivity index (χ0) is 11.8. The first kappa shape index (κ1) is 10.0. The van der Waals surface area contributed by atoms with Gasteiger partial charge in [-0.05, 0) is 0 Å². The number of nitrogens with zero attached hydrogens (tertiary/aromatic N) is 6. The number of rotatable bonds is 1. The molecule has 0 aliphatic heterocycles. The summed E-state index contributed by atoms with van der Waals surface area (Å²) in [6.45, 7) is 0. The standard InChI is InChI=1S/C9H4ClFN6/c10-7-6-3-16-17(8(6)15-4-14-7)9-12-1-5(11)2-13-9/h1-4H. The third kappa shape index (κ3) is 1.60. The van der Waals surface area contributed by atoms with Crippen LogP contribution < -0.4 is 0 Å². The zero-order valence-electron chi connectivity index (χ0n) is 8.25. The fourth-order valence-corrected chi connectivity index (χ4v) is 1.55. The molecule has 0 fully saturated rings. The van der Waals surface area contributed by atoms with E-state index in [1.165, 1.54) is 17.2 Å². The Bertz CT molecular complexity index is 680. The second-order valence-corrected chi connectivity index (χ2v) is 3.52. The largest absolute Gasteiger partial charge is 0.252 e. The van der Waals surface area contributed by atoms with E-state index in [4.69, 9.17) is 11.6 Å². The molecule has 0 bridgehead atoms. The third-order valence-electron chi connectivity index (χ3n) is 2.11. The first-order valence-corrected chi connectivity index (χ1v) is 4.95. The van der Waals surface area contributed by atoms with Crippen molar-refractivity contribution in [2.75, 3.05) is 0 Å². The molecular weight excluding hydrogens is 247 g/mol. The summed E-state index contributed by atoms with van der Waals surface area (Å²) in [6, 6.07) is 0. The summed E-state index contributed by atoms with van der Waals surface area (Å²) >= 11 is 5.88. The van der Waals surface area contributed by atoms with Crippen molar-refractivity contribution in [1.29, 1.82) is 0 Å². The van der Waals surface area contributed by atoms with Gasteiger partial charge in [0.05, 0.1) is 24.0 Å². The van der Waals surface area contributed by atoms with Crippen molar-refractivity contribution in [3.8, 4) is 5.95 Å². The number of hydrogen-bond acceptors (Lipinski definition) is 5. The van der Waals surface area contributed by atoms with Crippen LogP contribution in [0.25, 0.3) is 17.0 Å². The molecule has 0 atom stereocenters. The molecule has 0 radical (unpaired) electrons. The van der Waals surface area contributed by atoms with Gasteiger partial charge in [-0.15, -0.1) is 0 Å². The summed E-state index contributed by atoms with van der Waals surface area (Å²) in [7, 11) is 0. The fourth-order valence-electron chi connectivity index (χ4n) is 1.38. The summed E-state index contributed by atoms with van der Waals surface area (Å²) in [5.41, 5.74) is 0.469. The van der Waals surface area contributed by atoms with Gasteiger partial charge in [0.25, 0.3) is 5.95 Å². The van der Waals surface area contributed by atoms with Gasteiger partial charge >= 0.3 is 0 Å². The topological polar surface area (TPSA) is 69.4 Å². The number of fused-ring (bicyclic) bond motifs is 1. The molecule has 6 nitrogen and oxygen atoms in total. The average molecular weight is 251 g/mol. The van der Waals surface area contributed by atoms with Crippen LogP contribution in [0.1, 0.15) is 0 Å². The first-order chi connectivity index (χ1) is 8.25. The van der Waals surface area contributed by atoms with Crippen molar-refractivity contribution in [3.63, 3.8) is 0 Å². The van der Waals surface area contributed by atoms with Crippen LogP contribution >= 0.6 is 11.6 Å². The van der Waals surface area contributed by atoms with E-state index in [-0.39, 0.29) is 5.95 Å². The second kappa shape index (κ2) is 3.70. The lowest BCUT2D eigenvalue weighted by molar-refractivity contribution is 0.609. The van der Waals surface area contributed by atoms with Crippen molar-refractivity contribution in [1.82, 2.24) is 29.7 Å². The fraction of sp³-hybridized carbons (Fsp3) is 0. The third-order valence-corrected chi connectivity index (χ3v) is 2.41. The Morgan fingerprint density at radius 3 is 2.59 bits per heavy atom. The van der Waals surface area contributed by atoms with Gasteiger partial charge in [0.15, 0.2) is 11.5 Å². The molecule has 3 aromatic heterocycles. The molecule has 0 saturated heterocycles. The summed E-state index contributed by atoms with van der Waals surface area (Å²) in [5, 5.41) is 4.92. The number of aromatic nitrogens is 6. The highest BCUT2D eigenvalue weighted by Gasteiger charge is 2.11. The molecule has 0 amide bonds. The summed E-state index contributed by atoms with van der Waals surface area (Å²) < 4.78 is 14.1. The van der Waals surface area contributed by atoms with Crippen LogP contribution in [0.3, 0.4) is 0 Å². The Kier molecular flexibility index (Phi) is 2.19. The summed E-state index contributed by atoms with van der Waals surface area (Å²) in [5.74, 6) is -0.297. The van der Waals surface area contributed by atoms with Gasteiger partial charge in [-0.2, -0.15) is 9.78 Å². The van der Waals surface area contributed by atoms with Crippen LogP contribution in [0.4, 0.5) is 4.39 Å². The van der Waals surface area contributed by atoms with Gasteiger partial charge in [-0.1, -0.05) is 11.6 Å².